The zero-order chi connectivity index (χ0) is 14.2. The highest BCUT2D eigenvalue weighted by Crippen LogP contribution is 2.49. The summed E-state index contributed by atoms with van der Waals surface area (Å²) >= 11 is 0. The molecule has 0 atom stereocenters. The molecule has 108 valence electrons. The first-order valence-electron chi connectivity index (χ1n) is 7.87. The van der Waals surface area contributed by atoms with Crippen LogP contribution in [0.15, 0.2) is 48.5 Å². The van der Waals surface area contributed by atoms with Gasteiger partial charge in [-0.2, -0.15) is 0 Å². The number of hydrogen-bond acceptors (Lipinski definition) is 2. The lowest BCUT2D eigenvalue weighted by molar-refractivity contribution is 0.203. The standard InChI is InChI=1S/C19H21NO/c1-20-12-10-14(11-13-20)19-15-6-2-4-8-17(15)21-18-9-5-3-7-16(18)19/h2-9,14,19H,10-13H2,1H3. The van der Waals surface area contributed by atoms with Crippen LogP contribution in [0.3, 0.4) is 0 Å². The first-order chi connectivity index (χ1) is 10.3. The molecule has 0 spiro atoms. The van der Waals surface area contributed by atoms with Gasteiger partial charge in [0.25, 0.3) is 0 Å². The molecule has 2 aliphatic heterocycles. The lowest BCUT2D eigenvalue weighted by Gasteiger charge is -2.38. The Bertz CT molecular complexity index is 598. The molecule has 21 heavy (non-hydrogen) atoms. The minimum absolute atomic E-state index is 0.486. The Labute approximate surface area is 126 Å². The van der Waals surface area contributed by atoms with Crippen molar-refractivity contribution in [1.29, 1.82) is 0 Å². The Morgan fingerprint density at radius 2 is 1.38 bits per heavy atom. The Kier molecular flexibility index (Phi) is 3.19. The van der Waals surface area contributed by atoms with Crippen molar-refractivity contribution in [1.82, 2.24) is 4.90 Å². The second-order valence-electron chi connectivity index (χ2n) is 6.30. The molecule has 0 unspecified atom stereocenters. The molecular weight excluding hydrogens is 258 g/mol. The van der Waals surface area contributed by atoms with Crippen LogP contribution in [0.4, 0.5) is 0 Å². The van der Waals surface area contributed by atoms with Gasteiger partial charge in [0.1, 0.15) is 11.5 Å². The maximum atomic E-state index is 6.11. The van der Waals surface area contributed by atoms with Gasteiger partial charge in [0.05, 0.1) is 0 Å². The fraction of sp³-hybridized carbons (Fsp3) is 0.368. The Morgan fingerprint density at radius 1 is 0.857 bits per heavy atom. The van der Waals surface area contributed by atoms with Crippen molar-refractivity contribution in [2.75, 3.05) is 20.1 Å². The topological polar surface area (TPSA) is 12.5 Å². The molecule has 0 radical (unpaired) electrons. The predicted molar refractivity (Wildman–Crippen MR) is 85.0 cm³/mol. The molecule has 4 rings (SSSR count). The molecule has 0 saturated carbocycles. The summed E-state index contributed by atoms with van der Waals surface area (Å²) in [5.74, 6) is 3.28. The molecule has 0 aliphatic carbocycles. The van der Waals surface area contributed by atoms with Crippen LogP contribution < -0.4 is 4.74 Å². The summed E-state index contributed by atoms with van der Waals surface area (Å²) in [7, 11) is 2.22. The predicted octanol–water partition coefficient (Wildman–Crippen LogP) is 4.27. The van der Waals surface area contributed by atoms with Crippen LogP contribution in [0.1, 0.15) is 29.9 Å². The number of ether oxygens (including phenoxy) is 1. The highest BCUT2D eigenvalue weighted by molar-refractivity contribution is 5.53. The molecule has 2 heteroatoms. The maximum Gasteiger partial charge on any atom is 0.131 e. The average Bonchev–Trinajstić information content (AvgIpc) is 2.53. The first kappa shape index (κ1) is 12.9. The third-order valence-electron chi connectivity index (χ3n) is 4.96. The van der Waals surface area contributed by atoms with Gasteiger partial charge in [0.2, 0.25) is 0 Å². The molecule has 2 aromatic carbocycles. The van der Waals surface area contributed by atoms with E-state index in [-0.39, 0.29) is 0 Å². The van der Waals surface area contributed by atoms with Crippen molar-refractivity contribution in [2.24, 2.45) is 5.92 Å². The van der Waals surface area contributed by atoms with E-state index < -0.39 is 0 Å². The quantitative estimate of drug-likeness (QED) is 0.773. The molecule has 1 saturated heterocycles. The highest BCUT2D eigenvalue weighted by atomic mass is 16.5. The lowest BCUT2D eigenvalue weighted by Crippen LogP contribution is -2.33. The Balaban J connectivity index is 1.78. The average molecular weight is 279 g/mol. The van der Waals surface area contributed by atoms with E-state index in [2.05, 4.69) is 60.5 Å². The van der Waals surface area contributed by atoms with Gasteiger partial charge in [-0.15, -0.1) is 0 Å². The van der Waals surface area contributed by atoms with Gasteiger partial charge in [-0.3, -0.25) is 0 Å². The van der Waals surface area contributed by atoms with Gasteiger partial charge < -0.3 is 9.64 Å². The molecule has 2 aliphatic rings. The number of fused-ring (bicyclic) bond motifs is 2. The molecule has 0 aromatic heterocycles. The number of nitrogens with zero attached hydrogens (tertiary/aromatic N) is 1. The normalized spacial score (nSPS) is 19.7. The van der Waals surface area contributed by atoms with Crippen LogP contribution >= 0.6 is 0 Å². The zero-order valence-electron chi connectivity index (χ0n) is 12.5. The van der Waals surface area contributed by atoms with Crippen molar-refractivity contribution in [3.63, 3.8) is 0 Å². The van der Waals surface area contributed by atoms with Crippen LogP contribution in [0.2, 0.25) is 0 Å². The number of benzene rings is 2. The zero-order valence-corrected chi connectivity index (χ0v) is 12.5. The van der Waals surface area contributed by atoms with Crippen LogP contribution in [0, 0.1) is 5.92 Å². The molecular formula is C19H21NO. The van der Waals surface area contributed by atoms with Gasteiger partial charge in [-0.25, -0.2) is 0 Å². The van der Waals surface area contributed by atoms with Crippen LogP contribution in [0.5, 0.6) is 11.5 Å². The molecule has 1 fully saturated rings. The third kappa shape index (κ3) is 2.24. The van der Waals surface area contributed by atoms with Crippen molar-refractivity contribution in [3.8, 4) is 11.5 Å². The third-order valence-corrected chi connectivity index (χ3v) is 4.96. The Morgan fingerprint density at radius 3 is 1.95 bits per heavy atom. The number of likely N-dealkylation sites (tertiary alicyclic amines) is 1. The molecule has 0 bridgehead atoms. The lowest BCUT2D eigenvalue weighted by atomic mass is 9.74. The van der Waals surface area contributed by atoms with Crippen molar-refractivity contribution < 1.29 is 4.74 Å². The summed E-state index contributed by atoms with van der Waals surface area (Å²) in [4.78, 5) is 2.44. The summed E-state index contributed by atoms with van der Waals surface area (Å²) in [5, 5.41) is 0. The monoisotopic (exact) mass is 279 g/mol. The first-order valence-corrected chi connectivity index (χ1v) is 7.87. The maximum absolute atomic E-state index is 6.11. The smallest absolute Gasteiger partial charge is 0.131 e. The van der Waals surface area contributed by atoms with Gasteiger partial charge in [0.15, 0.2) is 0 Å². The number of para-hydroxylation sites is 2. The van der Waals surface area contributed by atoms with Gasteiger partial charge in [0, 0.05) is 17.0 Å². The van der Waals surface area contributed by atoms with E-state index in [1.165, 1.54) is 37.1 Å². The van der Waals surface area contributed by atoms with Crippen molar-refractivity contribution in [2.45, 2.75) is 18.8 Å². The second-order valence-corrected chi connectivity index (χ2v) is 6.30. The van der Waals surface area contributed by atoms with E-state index in [0.29, 0.717) is 11.8 Å². The fourth-order valence-electron chi connectivity index (χ4n) is 3.82. The minimum atomic E-state index is 0.486. The van der Waals surface area contributed by atoms with E-state index in [9.17, 15) is 0 Å². The van der Waals surface area contributed by atoms with Gasteiger partial charge >= 0.3 is 0 Å². The molecule has 0 amide bonds. The number of rotatable bonds is 1. The summed E-state index contributed by atoms with van der Waals surface area (Å²) in [6.45, 7) is 2.40. The van der Waals surface area contributed by atoms with Crippen LogP contribution in [-0.2, 0) is 0 Å². The van der Waals surface area contributed by atoms with Crippen molar-refractivity contribution in [3.05, 3.63) is 59.7 Å². The van der Waals surface area contributed by atoms with E-state index in [1.807, 2.05) is 0 Å². The SMILES string of the molecule is CN1CCC(C2c3ccccc3Oc3ccccc32)CC1. The number of hydrogen-bond donors (Lipinski definition) is 0. The van der Waals surface area contributed by atoms with E-state index in [0.717, 1.165) is 11.5 Å². The van der Waals surface area contributed by atoms with Gasteiger partial charge in [-0.1, -0.05) is 36.4 Å². The Hall–Kier alpha value is -1.80. The fourth-order valence-corrected chi connectivity index (χ4v) is 3.82. The van der Waals surface area contributed by atoms with Crippen LogP contribution in [-0.4, -0.2) is 25.0 Å². The second kappa shape index (κ2) is 5.19. The summed E-state index contributed by atoms with van der Waals surface area (Å²) < 4.78 is 6.11. The largest absolute Gasteiger partial charge is 0.457 e. The molecule has 2 aromatic rings. The van der Waals surface area contributed by atoms with E-state index in [4.69, 9.17) is 4.74 Å². The molecule has 2 nitrogen and oxygen atoms in total. The summed E-state index contributed by atoms with van der Waals surface area (Å²) in [6, 6.07) is 17.1. The molecule has 2 heterocycles. The van der Waals surface area contributed by atoms with Gasteiger partial charge in [-0.05, 0) is 51.0 Å². The highest BCUT2D eigenvalue weighted by Gasteiger charge is 2.34. The number of piperidine rings is 1. The molecule has 0 N–H and O–H groups in total. The minimum Gasteiger partial charge on any atom is -0.457 e. The summed E-state index contributed by atoms with van der Waals surface area (Å²) in [6.07, 6.45) is 2.54. The van der Waals surface area contributed by atoms with E-state index in [1.54, 1.807) is 0 Å². The van der Waals surface area contributed by atoms with Crippen LogP contribution in [0.25, 0.3) is 0 Å². The van der Waals surface area contributed by atoms with E-state index >= 15 is 0 Å². The summed E-state index contributed by atoms with van der Waals surface area (Å²) in [5.41, 5.74) is 2.73. The van der Waals surface area contributed by atoms with Crippen molar-refractivity contribution >= 4 is 0 Å².